The summed E-state index contributed by atoms with van der Waals surface area (Å²) in [6.07, 6.45) is 6.56. The molecule has 1 fully saturated rings. The van der Waals surface area contributed by atoms with Crippen molar-refractivity contribution in [3.8, 4) is 0 Å². The van der Waals surface area contributed by atoms with Crippen molar-refractivity contribution < 1.29 is 4.74 Å². The second-order valence-electron chi connectivity index (χ2n) is 3.98. The molecule has 4 atom stereocenters. The number of ether oxygens (including phenoxy) is 1. The summed E-state index contributed by atoms with van der Waals surface area (Å²) in [6, 6.07) is -0.0463. The fourth-order valence-electron chi connectivity index (χ4n) is 2.57. The van der Waals surface area contributed by atoms with Crippen LogP contribution in [0.4, 0.5) is 0 Å². The van der Waals surface area contributed by atoms with E-state index in [1.54, 1.807) is 0 Å². The summed E-state index contributed by atoms with van der Waals surface area (Å²) in [7, 11) is 5.91. The molecule has 0 aromatic carbocycles. The van der Waals surface area contributed by atoms with Crippen LogP contribution in [-0.2, 0) is 4.74 Å². The number of hydrogen-bond acceptors (Lipinski definition) is 1. The van der Waals surface area contributed by atoms with Crippen LogP contribution < -0.4 is 0 Å². The SMILES string of the molecule is [B][C@@H]1O[C@@]2(CC)C=CCC1[C@H]2C. The highest BCUT2D eigenvalue weighted by molar-refractivity contribution is 6.11. The molecule has 0 aromatic heterocycles. The maximum absolute atomic E-state index is 5.91. The normalized spacial score (nSPS) is 51.3. The van der Waals surface area contributed by atoms with E-state index >= 15 is 0 Å². The average molecular weight is 162 g/mol. The fraction of sp³-hybridized carbons (Fsp3) is 0.800. The minimum Gasteiger partial charge on any atom is -0.377 e. The standard InChI is InChI=1S/C10H15BO/c1-3-10-6-4-5-8(7(10)2)9(11)12-10/h4,6-9H,3,5H2,1-2H3/t7-,8?,9-,10+/m1/s1. The molecule has 1 saturated heterocycles. The largest absolute Gasteiger partial charge is 0.377 e. The van der Waals surface area contributed by atoms with Crippen molar-refractivity contribution in [2.24, 2.45) is 11.8 Å². The lowest BCUT2D eigenvalue weighted by atomic mass is 9.71. The van der Waals surface area contributed by atoms with Gasteiger partial charge in [-0.3, -0.25) is 0 Å². The second kappa shape index (κ2) is 2.63. The molecule has 64 valence electrons. The van der Waals surface area contributed by atoms with Gasteiger partial charge in [0.05, 0.1) is 5.60 Å². The van der Waals surface area contributed by atoms with Crippen LogP contribution in [0.1, 0.15) is 26.7 Å². The van der Waals surface area contributed by atoms with Crippen LogP contribution in [-0.4, -0.2) is 19.5 Å². The van der Waals surface area contributed by atoms with Crippen LogP contribution in [0.5, 0.6) is 0 Å². The van der Waals surface area contributed by atoms with E-state index in [1.165, 1.54) is 0 Å². The molecule has 0 saturated carbocycles. The number of allylic oxidation sites excluding steroid dienone is 1. The van der Waals surface area contributed by atoms with Crippen LogP contribution in [0, 0.1) is 11.8 Å². The molecule has 2 radical (unpaired) electrons. The van der Waals surface area contributed by atoms with E-state index in [9.17, 15) is 0 Å². The Labute approximate surface area is 75.6 Å². The molecule has 1 aliphatic carbocycles. The van der Waals surface area contributed by atoms with E-state index in [0.29, 0.717) is 11.8 Å². The monoisotopic (exact) mass is 162 g/mol. The van der Waals surface area contributed by atoms with Gasteiger partial charge in [-0.2, -0.15) is 0 Å². The first kappa shape index (κ1) is 8.37. The van der Waals surface area contributed by atoms with Crippen molar-refractivity contribution in [1.29, 1.82) is 0 Å². The summed E-state index contributed by atoms with van der Waals surface area (Å²) in [6.45, 7) is 4.42. The van der Waals surface area contributed by atoms with Gasteiger partial charge in [-0.1, -0.05) is 26.0 Å². The summed E-state index contributed by atoms with van der Waals surface area (Å²) in [5.41, 5.74) is -0.0394. The van der Waals surface area contributed by atoms with Crippen molar-refractivity contribution in [3.63, 3.8) is 0 Å². The zero-order valence-corrected chi connectivity index (χ0v) is 7.79. The van der Waals surface area contributed by atoms with E-state index in [4.69, 9.17) is 12.6 Å². The Morgan fingerprint density at radius 1 is 1.67 bits per heavy atom. The molecule has 2 aliphatic rings. The van der Waals surface area contributed by atoms with Gasteiger partial charge < -0.3 is 4.74 Å². The van der Waals surface area contributed by atoms with Crippen molar-refractivity contribution >= 4 is 7.85 Å². The molecule has 1 aliphatic heterocycles. The molecule has 0 N–H and O–H groups in total. The highest BCUT2D eigenvalue weighted by Crippen LogP contribution is 2.47. The number of rotatable bonds is 1. The van der Waals surface area contributed by atoms with Gasteiger partial charge in [-0.05, 0) is 24.7 Å². The lowest BCUT2D eigenvalue weighted by Crippen LogP contribution is -2.34. The van der Waals surface area contributed by atoms with Crippen molar-refractivity contribution in [1.82, 2.24) is 0 Å². The first-order chi connectivity index (χ1) is 5.69. The topological polar surface area (TPSA) is 9.23 Å². The Morgan fingerprint density at radius 2 is 2.42 bits per heavy atom. The summed E-state index contributed by atoms with van der Waals surface area (Å²) >= 11 is 0. The molecule has 0 aromatic rings. The van der Waals surface area contributed by atoms with Gasteiger partial charge in [-0.25, -0.2) is 0 Å². The van der Waals surface area contributed by atoms with Gasteiger partial charge in [0.25, 0.3) is 0 Å². The molecule has 2 rings (SSSR count). The van der Waals surface area contributed by atoms with Crippen LogP contribution in [0.3, 0.4) is 0 Å². The lowest BCUT2D eigenvalue weighted by molar-refractivity contribution is 0.00636. The average Bonchev–Trinajstić information content (AvgIpc) is 2.23. The van der Waals surface area contributed by atoms with E-state index in [1.807, 2.05) is 0 Å². The third-order valence-electron chi connectivity index (χ3n) is 3.55. The predicted octanol–water partition coefficient (Wildman–Crippen LogP) is 1.87. The maximum atomic E-state index is 5.91. The molecule has 0 spiro atoms. The van der Waals surface area contributed by atoms with E-state index in [0.717, 1.165) is 12.8 Å². The van der Waals surface area contributed by atoms with Crippen molar-refractivity contribution in [2.75, 3.05) is 0 Å². The molecule has 2 bridgehead atoms. The first-order valence-corrected chi connectivity index (χ1v) is 4.81. The highest BCUT2D eigenvalue weighted by atomic mass is 16.5. The molecule has 1 nitrogen and oxygen atoms in total. The van der Waals surface area contributed by atoms with Gasteiger partial charge in [0, 0.05) is 6.00 Å². The van der Waals surface area contributed by atoms with E-state index in [2.05, 4.69) is 26.0 Å². The Bertz CT molecular complexity index is 214. The summed E-state index contributed by atoms with van der Waals surface area (Å²) in [4.78, 5) is 0. The van der Waals surface area contributed by atoms with Crippen molar-refractivity contribution in [2.45, 2.75) is 38.3 Å². The Kier molecular flexibility index (Phi) is 1.83. The van der Waals surface area contributed by atoms with Gasteiger partial charge in [0.15, 0.2) is 0 Å². The minimum absolute atomic E-state index is 0.0394. The zero-order valence-electron chi connectivity index (χ0n) is 7.79. The third-order valence-corrected chi connectivity index (χ3v) is 3.55. The molecule has 1 heterocycles. The van der Waals surface area contributed by atoms with Crippen molar-refractivity contribution in [3.05, 3.63) is 12.2 Å². The molecule has 12 heavy (non-hydrogen) atoms. The quantitative estimate of drug-likeness (QED) is 0.422. The second-order valence-corrected chi connectivity index (χ2v) is 3.98. The summed E-state index contributed by atoms with van der Waals surface area (Å²) in [5.74, 6) is 1.12. The Balaban J connectivity index is 2.33. The van der Waals surface area contributed by atoms with Gasteiger partial charge >= 0.3 is 0 Å². The molecular weight excluding hydrogens is 147 g/mol. The van der Waals surface area contributed by atoms with Crippen LogP contribution in [0.25, 0.3) is 0 Å². The van der Waals surface area contributed by atoms with Crippen LogP contribution in [0.15, 0.2) is 12.2 Å². The van der Waals surface area contributed by atoms with Gasteiger partial charge in [0.1, 0.15) is 7.85 Å². The van der Waals surface area contributed by atoms with Gasteiger partial charge in [-0.15, -0.1) is 0 Å². The smallest absolute Gasteiger partial charge is 0.109 e. The molecule has 0 amide bonds. The molecular formula is C10H15BO. The predicted molar refractivity (Wildman–Crippen MR) is 50.1 cm³/mol. The lowest BCUT2D eigenvalue weighted by Gasteiger charge is -2.32. The number of hydrogen-bond donors (Lipinski definition) is 0. The molecule has 2 heteroatoms. The Hall–Kier alpha value is -0.235. The third kappa shape index (κ3) is 0.907. The Morgan fingerprint density at radius 3 is 3.00 bits per heavy atom. The summed E-state index contributed by atoms with van der Waals surface area (Å²) in [5, 5.41) is 0. The highest BCUT2D eigenvalue weighted by Gasteiger charge is 2.49. The fourth-order valence-corrected chi connectivity index (χ4v) is 2.57. The van der Waals surface area contributed by atoms with Crippen LogP contribution in [0.2, 0.25) is 0 Å². The maximum Gasteiger partial charge on any atom is 0.109 e. The van der Waals surface area contributed by atoms with Crippen LogP contribution >= 0.6 is 0 Å². The minimum atomic E-state index is -0.0463. The van der Waals surface area contributed by atoms with E-state index in [-0.39, 0.29) is 11.6 Å². The van der Waals surface area contributed by atoms with E-state index < -0.39 is 0 Å². The summed E-state index contributed by atoms with van der Waals surface area (Å²) < 4.78 is 5.83. The first-order valence-electron chi connectivity index (χ1n) is 4.81. The zero-order chi connectivity index (χ0) is 8.77. The van der Waals surface area contributed by atoms with Gasteiger partial charge in [0.2, 0.25) is 0 Å². The number of fused-ring (bicyclic) bond motifs is 2. The molecule has 1 unspecified atom stereocenters.